The summed E-state index contributed by atoms with van der Waals surface area (Å²) in [5.41, 5.74) is 0.985. The molecule has 0 bridgehead atoms. The fourth-order valence-electron chi connectivity index (χ4n) is 1.99. The molecule has 24 heavy (non-hydrogen) atoms. The Balaban J connectivity index is 1.76. The standard InChI is InChI=1S/C16H21FN6O/c1-3-18-15-21-11(2)10-14(23-15)19-8-9-20-16(24)22-13-7-5-4-6-12(13)17/h4-7,10H,3,8-9H2,1-2H3,(H2,20,22,24)(H2,18,19,21,23). The summed E-state index contributed by atoms with van der Waals surface area (Å²) in [5, 5.41) is 11.3. The Bertz CT molecular complexity index is 694. The number of para-hydroxylation sites is 1. The summed E-state index contributed by atoms with van der Waals surface area (Å²) < 4.78 is 13.4. The van der Waals surface area contributed by atoms with Crippen LogP contribution in [0.25, 0.3) is 0 Å². The summed E-state index contributed by atoms with van der Waals surface area (Å²) in [4.78, 5) is 20.3. The second-order valence-corrected chi connectivity index (χ2v) is 5.04. The van der Waals surface area contributed by atoms with Crippen LogP contribution in [0, 0.1) is 12.7 Å². The number of halogens is 1. The van der Waals surface area contributed by atoms with E-state index in [-0.39, 0.29) is 5.69 Å². The SMILES string of the molecule is CCNc1nc(C)cc(NCCNC(=O)Nc2ccccc2F)n1. The highest BCUT2D eigenvalue weighted by Gasteiger charge is 2.05. The Hall–Kier alpha value is -2.90. The van der Waals surface area contributed by atoms with Gasteiger partial charge < -0.3 is 21.3 Å². The molecule has 128 valence electrons. The van der Waals surface area contributed by atoms with Crippen molar-refractivity contribution in [3.8, 4) is 0 Å². The normalized spacial score (nSPS) is 10.1. The Labute approximate surface area is 140 Å². The van der Waals surface area contributed by atoms with Crippen LogP contribution in [0.4, 0.5) is 26.6 Å². The van der Waals surface area contributed by atoms with E-state index in [1.807, 2.05) is 19.9 Å². The molecule has 7 nitrogen and oxygen atoms in total. The smallest absolute Gasteiger partial charge is 0.319 e. The summed E-state index contributed by atoms with van der Waals surface area (Å²) in [5.74, 6) is 0.762. The molecule has 4 N–H and O–H groups in total. The lowest BCUT2D eigenvalue weighted by molar-refractivity contribution is 0.252. The number of urea groups is 1. The molecule has 8 heteroatoms. The summed E-state index contributed by atoms with van der Waals surface area (Å²) >= 11 is 0. The number of nitrogens with one attached hydrogen (secondary N) is 4. The third-order valence-electron chi connectivity index (χ3n) is 3.03. The molecule has 1 aromatic heterocycles. The zero-order valence-corrected chi connectivity index (χ0v) is 13.7. The number of hydrogen-bond acceptors (Lipinski definition) is 5. The zero-order chi connectivity index (χ0) is 17.4. The van der Waals surface area contributed by atoms with E-state index in [1.165, 1.54) is 12.1 Å². The Morgan fingerprint density at radius 3 is 2.71 bits per heavy atom. The van der Waals surface area contributed by atoms with Gasteiger partial charge in [-0.2, -0.15) is 4.98 Å². The first-order valence-electron chi connectivity index (χ1n) is 7.71. The van der Waals surface area contributed by atoms with Gasteiger partial charge in [0.1, 0.15) is 11.6 Å². The molecule has 0 aliphatic rings. The predicted molar refractivity (Wildman–Crippen MR) is 92.8 cm³/mol. The second-order valence-electron chi connectivity index (χ2n) is 5.04. The van der Waals surface area contributed by atoms with Gasteiger partial charge in [-0.15, -0.1) is 0 Å². The van der Waals surface area contributed by atoms with Gasteiger partial charge >= 0.3 is 6.03 Å². The number of amides is 2. The van der Waals surface area contributed by atoms with Crippen LogP contribution in [0.5, 0.6) is 0 Å². The van der Waals surface area contributed by atoms with E-state index >= 15 is 0 Å². The number of nitrogens with zero attached hydrogens (tertiary/aromatic N) is 2. The quantitative estimate of drug-likeness (QED) is 0.585. The van der Waals surface area contributed by atoms with E-state index in [0.29, 0.717) is 24.9 Å². The lowest BCUT2D eigenvalue weighted by atomic mass is 10.3. The number of rotatable bonds is 7. The molecule has 0 fully saturated rings. The van der Waals surface area contributed by atoms with Crippen LogP contribution in [0.3, 0.4) is 0 Å². The highest BCUT2D eigenvalue weighted by molar-refractivity contribution is 5.89. The first kappa shape index (κ1) is 17.5. The summed E-state index contributed by atoms with van der Waals surface area (Å²) in [6.07, 6.45) is 0. The third-order valence-corrected chi connectivity index (χ3v) is 3.03. The number of anilines is 3. The summed E-state index contributed by atoms with van der Waals surface area (Å²) in [6.45, 7) is 5.43. The molecule has 0 saturated heterocycles. The predicted octanol–water partition coefficient (Wildman–Crippen LogP) is 2.59. The van der Waals surface area contributed by atoms with Crippen molar-refractivity contribution in [1.29, 1.82) is 0 Å². The topological polar surface area (TPSA) is 91.0 Å². The molecule has 1 heterocycles. The third kappa shape index (κ3) is 5.38. The molecule has 2 rings (SSSR count). The van der Waals surface area contributed by atoms with Gasteiger partial charge in [0.15, 0.2) is 0 Å². The van der Waals surface area contributed by atoms with Gasteiger partial charge in [0.05, 0.1) is 5.69 Å². The van der Waals surface area contributed by atoms with Crippen molar-refractivity contribution in [1.82, 2.24) is 15.3 Å². The number of hydrogen-bond donors (Lipinski definition) is 4. The van der Waals surface area contributed by atoms with E-state index in [9.17, 15) is 9.18 Å². The lowest BCUT2D eigenvalue weighted by Gasteiger charge is -2.10. The van der Waals surface area contributed by atoms with Gasteiger partial charge in [-0.05, 0) is 26.0 Å². The minimum absolute atomic E-state index is 0.143. The van der Waals surface area contributed by atoms with Gasteiger partial charge in [-0.1, -0.05) is 12.1 Å². The monoisotopic (exact) mass is 332 g/mol. The summed E-state index contributed by atoms with van der Waals surface area (Å²) in [7, 11) is 0. The summed E-state index contributed by atoms with van der Waals surface area (Å²) in [6, 6.07) is 7.36. The molecule has 0 radical (unpaired) electrons. The first-order valence-corrected chi connectivity index (χ1v) is 7.71. The average Bonchev–Trinajstić information content (AvgIpc) is 2.54. The van der Waals surface area contributed by atoms with Gasteiger partial charge in [-0.3, -0.25) is 0 Å². The largest absolute Gasteiger partial charge is 0.368 e. The van der Waals surface area contributed by atoms with E-state index < -0.39 is 11.8 Å². The van der Waals surface area contributed by atoms with Crippen molar-refractivity contribution in [3.63, 3.8) is 0 Å². The van der Waals surface area contributed by atoms with Crippen LogP contribution in [0.1, 0.15) is 12.6 Å². The molecular weight excluding hydrogens is 311 g/mol. The molecule has 0 unspecified atom stereocenters. The fourth-order valence-corrected chi connectivity index (χ4v) is 1.99. The van der Waals surface area contributed by atoms with Crippen molar-refractivity contribution in [2.24, 2.45) is 0 Å². The average molecular weight is 332 g/mol. The van der Waals surface area contributed by atoms with E-state index in [4.69, 9.17) is 0 Å². The van der Waals surface area contributed by atoms with Crippen molar-refractivity contribution < 1.29 is 9.18 Å². The van der Waals surface area contributed by atoms with Crippen molar-refractivity contribution in [2.75, 3.05) is 35.6 Å². The molecule has 0 spiro atoms. The highest BCUT2D eigenvalue weighted by Crippen LogP contribution is 2.12. The maximum Gasteiger partial charge on any atom is 0.319 e. The van der Waals surface area contributed by atoms with E-state index in [1.54, 1.807) is 12.1 Å². The van der Waals surface area contributed by atoms with Gasteiger partial charge in [0.2, 0.25) is 5.95 Å². The minimum Gasteiger partial charge on any atom is -0.368 e. The van der Waals surface area contributed by atoms with Gasteiger partial charge in [0.25, 0.3) is 0 Å². The van der Waals surface area contributed by atoms with Gasteiger partial charge in [-0.25, -0.2) is 14.2 Å². The highest BCUT2D eigenvalue weighted by atomic mass is 19.1. The van der Waals surface area contributed by atoms with Crippen LogP contribution in [-0.2, 0) is 0 Å². The molecular formula is C16H21FN6O. The maximum absolute atomic E-state index is 13.4. The van der Waals surface area contributed by atoms with Crippen molar-refractivity contribution in [3.05, 3.63) is 41.8 Å². The Kier molecular flexibility index (Phi) is 6.30. The Morgan fingerprint density at radius 1 is 1.17 bits per heavy atom. The maximum atomic E-state index is 13.4. The van der Waals surface area contributed by atoms with Crippen molar-refractivity contribution in [2.45, 2.75) is 13.8 Å². The molecule has 0 aliphatic carbocycles. The molecule has 2 aromatic rings. The number of carbonyl (C=O) groups excluding carboxylic acids is 1. The molecule has 0 aliphatic heterocycles. The number of carbonyl (C=O) groups is 1. The van der Waals surface area contributed by atoms with E-state index in [0.717, 1.165) is 12.2 Å². The number of benzene rings is 1. The van der Waals surface area contributed by atoms with Crippen LogP contribution in [-0.4, -0.2) is 35.6 Å². The Morgan fingerprint density at radius 2 is 1.96 bits per heavy atom. The molecule has 0 saturated carbocycles. The van der Waals surface area contributed by atoms with Crippen LogP contribution >= 0.6 is 0 Å². The van der Waals surface area contributed by atoms with Gasteiger partial charge in [0, 0.05) is 31.4 Å². The number of aromatic nitrogens is 2. The number of aryl methyl sites for hydroxylation is 1. The fraction of sp³-hybridized carbons (Fsp3) is 0.312. The molecule has 2 amide bonds. The van der Waals surface area contributed by atoms with Crippen LogP contribution < -0.4 is 21.3 Å². The van der Waals surface area contributed by atoms with Crippen LogP contribution in [0.2, 0.25) is 0 Å². The molecule has 1 aromatic carbocycles. The van der Waals surface area contributed by atoms with Crippen molar-refractivity contribution >= 4 is 23.5 Å². The zero-order valence-electron chi connectivity index (χ0n) is 13.7. The van der Waals surface area contributed by atoms with Crippen LogP contribution in [0.15, 0.2) is 30.3 Å². The molecule has 0 atom stereocenters. The second kappa shape index (κ2) is 8.66. The van der Waals surface area contributed by atoms with E-state index in [2.05, 4.69) is 31.2 Å². The lowest BCUT2D eigenvalue weighted by Crippen LogP contribution is -2.33. The minimum atomic E-state index is -0.474. The first-order chi connectivity index (χ1) is 11.6.